The quantitative estimate of drug-likeness (QED) is 0.333. The summed E-state index contributed by atoms with van der Waals surface area (Å²) in [5, 5.41) is 6.53. The Hall–Kier alpha value is -3.96. The maximum atomic E-state index is 13.3. The largest absolute Gasteiger partial charge is 0.357 e. The number of nitrogens with zero attached hydrogens (tertiary/aromatic N) is 1. The Morgan fingerprint density at radius 1 is 0.943 bits per heavy atom. The molecule has 0 unspecified atom stereocenters. The van der Waals surface area contributed by atoms with Gasteiger partial charge in [-0.05, 0) is 61.3 Å². The van der Waals surface area contributed by atoms with Crippen LogP contribution in [0.4, 0.5) is 0 Å². The van der Waals surface area contributed by atoms with Crippen LogP contribution in [-0.2, 0) is 6.54 Å². The second-order valence-electron chi connectivity index (χ2n) is 8.92. The van der Waals surface area contributed by atoms with Crippen molar-refractivity contribution in [2.24, 2.45) is 0 Å². The minimum atomic E-state index is -0.0388. The Morgan fingerprint density at radius 3 is 2.46 bits per heavy atom. The first-order valence-corrected chi connectivity index (χ1v) is 12.2. The number of carbonyl (C=O) groups is 1. The fourth-order valence-electron chi connectivity index (χ4n) is 4.57. The molecule has 2 aromatic carbocycles. The lowest BCUT2D eigenvalue weighted by Crippen LogP contribution is -2.29. The van der Waals surface area contributed by atoms with Crippen LogP contribution in [0.3, 0.4) is 0 Å². The molecule has 1 aliphatic rings. The highest BCUT2D eigenvalue weighted by Gasteiger charge is 2.24. The molecular formula is C30H30N4O. The fraction of sp³-hybridized carbons (Fsp3) is 0.200. The lowest BCUT2D eigenvalue weighted by Gasteiger charge is -2.23. The maximum Gasteiger partial charge on any atom is 0.253 e. The summed E-state index contributed by atoms with van der Waals surface area (Å²) in [6, 6.07) is 26.2. The van der Waals surface area contributed by atoms with Gasteiger partial charge >= 0.3 is 0 Å². The molecule has 35 heavy (non-hydrogen) atoms. The Labute approximate surface area is 206 Å². The summed E-state index contributed by atoms with van der Waals surface area (Å²) in [4.78, 5) is 21.4. The summed E-state index contributed by atoms with van der Waals surface area (Å²) in [6.45, 7) is 2.44. The van der Waals surface area contributed by atoms with Crippen molar-refractivity contribution in [3.8, 4) is 11.3 Å². The summed E-state index contributed by atoms with van der Waals surface area (Å²) in [5.74, 6) is 0.296. The van der Waals surface area contributed by atoms with Gasteiger partial charge in [0.25, 0.3) is 5.91 Å². The third kappa shape index (κ3) is 5.76. The third-order valence-corrected chi connectivity index (χ3v) is 6.47. The molecule has 0 spiro atoms. The van der Waals surface area contributed by atoms with Crippen molar-refractivity contribution < 1.29 is 4.79 Å². The van der Waals surface area contributed by atoms with E-state index in [0.717, 1.165) is 65.3 Å². The van der Waals surface area contributed by atoms with E-state index in [-0.39, 0.29) is 5.91 Å². The first-order chi connectivity index (χ1) is 17.3. The summed E-state index contributed by atoms with van der Waals surface area (Å²) in [6.07, 6.45) is 7.92. The summed E-state index contributed by atoms with van der Waals surface area (Å²) >= 11 is 0. The number of aromatic nitrogens is 2. The van der Waals surface area contributed by atoms with Crippen molar-refractivity contribution in [1.29, 1.82) is 0 Å². The molecule has 5 rings (SSSR count). The van der Waals surface area contributed by atoms with E-state index in [1.807, 2.05) is 72.9 Å². The predicted octanol–water partition coefficient (Wildman–Crippen LogP) is 5.64. The van der Waals surface area contributed by atoms with Gasteiger partial charge in [0.1, 0.15) is 0 Å². The zero-order chi connectivity index (χ0) is 23.9. The van der Waals surface area contributed by atoms with Crippen molar-refractivity contribution in [3.05, 3.63) is 113 Å². The number of benzene rings is 2. The van der Waals surface area contributed by atoms with Crippen LogP contribution in [-0.4, -0.2) is 29.0 Å². The first kappa shape index (κ1) is 22.8. The number of hydrogen-bond acceptors (Lipinski definition) is 3. The molecule has 5 heteroatoms. The Morgan fingerprint density at radius 2 is 1.69 bits per heavy atom. The van der Waals surface area contributed by atoms with Crippen LogP contribution in [0, 0.1) is 0 Å². The molecule has 1 saturated heterocycles. The molecule has 0 saturated carbocycles. The van der Waals surface area contributed by atoms with Crippen LogP contribution in [0.25, 0.3) is 23.4 Å². The van der Waals surface area contributed by atoms with Crippen LogP contribution < -0.4 is 10.6 Å². The zero-order valence-electron chi connectivity index (χ0n) is 19.7. The SMILES string of the molecule is O=C(NCc1ccccc1)c1cc(-c2ccnc(C=Cc3ccccc3)c2)[nH]c1C1CCNCC1. The summed E-state index contributed by atoms with van der Waals surface area (Å²) in [7, 11) is 0. The average molecular weight is 463 g/mol. The Balaban J connectivity index is 1.41. The molecule has 5 nitrogen and oxygen atoms in total. The number of rotatable bonds is 7. The number of aromatic amines is 1. The molecule has 176 valence electrons. The number of nitrogens with one attached hydrogen (secondary N) is 3. The van der Waals surface area contributed by atoms with Gasteiger partial charge in [-0.2, -0.15) is 0 Å². The van der Waals surface area contributed by atoms with Crippen LogP contribution in [0.15, 0.2) is 85.1 Å². The smallest absolute Gasteiger partial charge is 0.253 e. The summed E-state index contributed by atoms with van der Waals surface area (Å²) in [5.41, 5.74) is 6.82. The van der Waals surface area contributed by atoms with Crippen LogP contribution in [0.1, 0.15) is 51.6 Å². The molecule has 0 bridgehead atoms. The lowest BCUT2D eigenvalue weighted by molar-refractivity contribution is 0.0949. The van der Waals surface area contributed by atoms with Crippen LogP contribution in [0.5, 0.6) is 0 Å². The fourth-order valence-corrected chi connectivity index (χ4v) is 4.57. The molecule has 3 N–H and O–H groups in total. The van der Waals surface area contributed by atoms with Gasteiger partial charge in [-0.3, -0.25) is 9.78 Å². The van der Waals surface area contributed by atoms with E-state index in [2.05, 4.69) is 44.9 Å². The van der Waals surface area contributed by atoms with Gasteiger partial charge in [0.2, 0.25) is 0 Å². The first-order valence-electron chi connectivity index (χ1n) is 12.2. The number of H-pyrrole nitrogens is 1. The second kappa shape index (κ2) is 11.0. The van der Waals surface area contributed by atoms with Gasteiger partial charge in [0.15, 0.2) is 0 Å². The Bertz CT molecular complexity index is 1290. The highest BCUT2D eigenvalue weighted by atomic mass is 16.1. The number of amides is 1. The maximum absolute atomic E-state index is 13.3. The van der Waals surface area contributed by atoms with E-state index in [1.165, 1.54) is 0 Å². The normalized spacial score (nSPS) is 14.3. The Kier molecular flexibility index (Phi) is 7.16. The molecule has 1 amide bonds. The van der Waals surface area contributed by atoms with Crippen molar-refractivity contribution in [2.75, 3.05) is 13.1 Å². The topological polar surface area (TPSA) is 69.8 Å². The van der Waals surface area contributed by atoms with E-state index in [9.17, 15) is 4.79 Å². The molecule has 1 aliphatic heterocycles. The molecule has 4 aromatic rings. The predicted molar refractivity (Wildman–Crippen MR) is 142 cm³/mol. The molecule has 3 heterocycles. The van der Waals surface area contributed by atoms with Gasteiger partial charge in [-0.15, -0.1) is 0 Å². The standard InChI is InChI=1S/C30H30N4O/c35-30(33-21-23-9-5-2-6-10-23)27-20-28(34-29(27)24-13-16-31-17-14-24)25-15-18-32-26(19-25)12-11-22-7-3-1-4-8-22/h1-12,15,18-20,24,31,34H,13-14,16-17,21H2,(H,33,35). The molecule has 1 fully saturated rings. The monoisotopic (exact) mass is 462 g/mol. The van der Waals surface area contributed by atoms with Gasteiger partial charge in [0.05, 0.1) is 11.3 Å². The summed E-state index contributed by atoms with van der Waals surface area (Å²) < 4.78 is 0. The van der Waals surface area contributed by atoms with Crippen molar-refractivity contribution in [1.82, 2.24) is 20.6 Å². The molecule has 2 aromatic heterocycles. The highest BCUT2D eigenvalue weighted by molar-refractivity contribution is 5.97. The van der Waals surface area contributed by atoms with E-state index < -0.39 is 0 Å². The van der Waals surface area contributed by atoms with E-state index in [0.29, 0.717) is 12.5 Å². The molecule has 0 radical (unpaired) electrons. The van der Waals surface area contributed by atoms with Gasteiger partial charge in [-0.1, -0.05) is 66.7 Å². The second-order valence-corrected chi connectivity index (χ2v) is 8.92. The minimum Gasteiger partial charge on any atom is -0.357 e. The van der Waals surface area contributed by atoms with Crippen molar-refractivity contribution >= 4 is 18.1 Å². The third-order valence-electron chi connectivity index (χ3n) is 6.47. The number of hydrogen-bond donors (Lipinski definition) is 3. The van der Waals surface area contributed by atoms with E-state index in [1.54, 1.807) is 0 Å². The van der Waals surface area contributed by atoms with Crippen molar-refractivity contribution in [2.45, 2.75) is 25.3 Å². The number of piperidine rings is 1. The van der Waals surface area contributed by atoms with Crippen LogP contribution in [0.2, 0.25) is 0 Å². The van der Waals surface area contributed by atoms with Gasteiger partial charge < -0.3 is 15.6 Å². The van der Waals surface area contributed by atoms with Crippen molar-refractivity contribution in [3.63, 3.8) is 0 Å². The van der Waals surface area contributed by atoms with E-state index in [4.69, 9.17) is 0 Å². The molecular weight excluding hydrogens is 432 g/mol. The minimum absolute atomic E-state index is 0.0388. The lowest BCUT2D eigenvalue weighted by atomic mass is 9.92. The average Bonchev–Trinajstić information content (AvgIpc) is 3.38. The number of carbonyl (C=O) groups excluding carboxylic acids is 1. The zero-order valence-corrected chi connectivity index (χ0v) is 19.7. The molecule has 0 aliphatic carbocycles. The van der Waals surface area contributed by atoms with Gasteiger partial charge in [0, 0.05) is 35.6 Å². The van der Waals surface area contributed by atoms with E-state index >= 15 is 0 Å². The van der Waals surface area contributed by atoms with Crippen LogP contribution >= 0.6 is 0 Å². The van der Waals surface area contributed by atoms with Gasteiger partial charge in [-0.25, -0.2) is 0 Å². The number of pyridine rings is 1. The highest BCUT2D eigenvalue weighted by Crippen LogP contribution is 2.32. The molecule has 0 atom stereocenters.